The molecule has 0 unspecified atom stereocenters. The number of rotatable bonds is 6. The topological polar surface area (TPSA) is 54.2 Å². The lowest BCUT2D eigenvalue weighted by Gasteiger charge is -2.36. The predicted molar refractivity (Wildman–Crippen MR) is 112 cm³/mol. The van der Waals surface area contributed by atoms with Crippen molar-refractivity contribution >= 4 is 17.3 Å². The largest absolute Gasteiger partial charge is 0.362 e. The molecule has 0 aromatic carbocycles. The second-order valence-electron chi connectivity index (χ2n) is 7.41. The Hall–Kier alpha value is -1.93. The molecule has 2 aromatic heterocycles. The number of aryl methyl sites for hydroxylation is 5. The fourth-order valence-corrected chi connectivity index (χ4v) is 3.88. The molecule has 2 aromatic rings. The molecular weight excluding hydrogens is 358 g/mol. The minimum Gasteiger partial charge on any atom is -0.362 e. The highest BCUT2D eigenvalue weighted by molar-refractivity contribution is 7.80. The van der Waals surface area contributed by atoms with Gasteiger partial charge in [-0.1, -0.05) is 0 Å². The van der Waals surface area contributed by atoms with Crippen LogP contribution in [0.4, 0.5) is 0 Å². The summed E-state index contributed by atoms with van der Waals surface area (Å²) in [5, 5.41) is 13.2. The smallest absolute Gasteiger partial charge is 0.169 e. The fraction of sp³-hybridized carbons (Fsp3) is 0.632. The first-order chi connectivity index (χ1) is 12.9. The van der Waals surface area contributed by atoms with E-state index in [9.17, 15) is 0 Å². The second kappa shape index (κ2) is 8.84. The van der Waals surface area contributed by atoms with Crippen molar-refractivity contribution in [2.45, 2.75) is 40.3 Å². The maximum Gasteiger partial charge on any atom is 0.169 e. The van der Waals surface area contributed by atoms with Gasteiger partial charge in [0.1, 0.15) is 0 Å². The summed E-state index contributed by atoms with van der Waals surface area (Å²) in [7, 11) is 1.98. The molecule has 1 fully saturated rings. The van der Waals surface area contributed by atoms with E-state index in [0.29, 0.717) is 0 Å². The van der Waals surface area contributed by atoms with Crippen LogP contribution in [0, 0.1) is 20.8 Å². The molecule has 1 aliphatic rings. The summed E-state index contributed by atoms with van der Waals surface area (Å²) in [6.07, 6.45) is 3.14. The van der Waals surface area contributed by atoms with Gasteiger partial charge in [0.25, 0.3) is 0 Å². The van der Waals surface area contributed by atoms with Crippen LogP contribution in [0.15, 0.2) is 12.3 Å². The Balaban J connectivity index is 1.36. The number of hydrogen-bond donors (Lipinski definition) is 1. The highest BCUT2D eigenvalue weighted by Crippen LogP contribution is 2.11. The first-order valence-electron chi connectivity index (χ1n) is 9.67. The average Bonchev–Trinajstić information content (AvgIpc) is 3.12. The Bertz CT molecular complexity index is 771. The Morgan fingerprint density at radius 2 is 1.89 bits per heavy atom. The van der Waals surface area contributed by atoms with Gasteiger partial charge in [0, 0.05) is 70.3 Å². The zero-order chi connectivity index (χ0) is 19.4. The second-order valence-corrected chi connectivity index (χ2v) is 7.80. The van der Waals surface area contributed by atoms with Gasteiger partial charge in [-0.15, -0.1) is 0 Å². The van der Waals surface area contributed by atoms with E-state index in [2.05, 4.69) is 56.1 Å². The molecule has 0 saturated carbocycles. The molecule has 3 rings (SSSR count). The molecule has 7 nitrogen and oxygen atoms in total. The first-order valence-corrected chi connectivity index (χ1v) is 10.1. The van der Waals surface area contributed by atoms with Gasteiger partial charge in [-0.3, -0.25) is 14.3 Å². The SMILES string of the molecule is Cc1cc(C)n(CCCNC(=S)N2CCN(Cc3cn(C)nc3C)CC2)n1. The summed E-state index contributed by atoms with van der Waals surface area (Å²) in [5.74, 6) is 0. The molecule has 0 atom stereocenters. The minimum absolute atomic E-state index is 0.876. The summed E-state index contributed by atoms with van der Waals surface area (Å²) < 4.78 is 3.96. The summed E-state index contributed by atoms with van der Waals surface area (Å²) in [6.45, 7) is 13.0. The van der Waals surface area contributed by atoms with Crippen molar-refractivity contribution in [2.24, 2.45) is 7.05 Å². The zero-order valence-corrected chi connectivity index (χ0v) is 17.7. The molecule has 8 heteroatoms. The van der Waals surface area contributed by atoms with E-state index in [0.717, 1.165) is 68.7 Å². The van der Waals surface area contributed by atoms with Crippen LogP contribution >= 0.6 is 12.2 Å². The van der Waals surface area contributed by atoms with Crippen molar-refractivity contribution in [3.05, 3.63) is 34.9 Å². The van der Waals surface area contributed by atoms with E-state index >= 15 is 0 Å². The van der Waals surface area contributed by atoms with E-state index in [4.69, 9.17) is 12.2 Å². The van der Waals surface area contributed by atoms with Crippen LogP contribution < -0.4 is 5.32 Å². The van der Waals surface area contributed by atoms with Crippen molar-refractivity contribution in [1.29, 1.82) is 0 Å². The Kier molecular flexibility index (Phi) is 6.49. The van der Waals surface area contributed by atoms with Crippen LogP contribution in [0.5, 0.6) is 0 Å². The number of hydrogen-bond acceptors (Lipinski definition) is 4. The summed E-state index contributed by atoms with van der Waals surface area (Å²) in [4.78, 5) is 4.76. The number of piperazine rings is 1. The number of aromatic nitrogens is 4. The molecule has 1 saturated heterocycles. The van der Waals surface area contributed by atoms with Crippen LogP contribution in [-0.4, -0.2) is 67.2 Å². The third-order valence-corrected chi connectivity index (χ3v) is 5.50. The van der Waals surface area contributed by atoms with Crippen LogP contribution in [0.2, 0.25) is 0 Å². The van der Waals surface area contributed by atoms with Gasteiger partial charge >= 0.3 is 0 Å². The number of thiocarbonyl (C=S) groups is 1. The van der Waals surface area contributed by atoms with Crippen LogP contribution in [-0.2, 0) is 20.1 Å². The minimum atomic E-state index is 0.876. The molecule has 148 valence electrons. The lowest BCUT2D eigenvalue weighted by atomic mass is 10.2. The lowest BCUT2D eigenvalue weighted by Crippen LogP contribution is -2.51. The number of nitrogens with one attached hydrogen (secondary N) is 1. The molecule has 27 heavy (non-hydrogen) atoms. The third-order valence-electron chi connectivity index (χ3n) is 5.09. The monoisotopic (exact) mass is 389 g/mol. The number of nitrogens with zero attached hydrogens (tertiary/aromatic N) is 6. The molecule has 0 amide bonds. The zero-order valence-electron chi connectivity index (χ0n) is 16.9. The Labute approximate surface area is 167 Å². The molecule has 0 aliphatic carbocycles. The predicted octanol–water partition coefficient (Wildman–Crippen LogP) is 1.62. The molecule has 1 aliphatic heterocycles. The van der Waals surface area contributed by atoms with Gasteiger partial charge in [0.15, 0.2) is 5.11 Å². The van der Waals surface area contributed by atoms with E-state index in [-0.39, 0.29) is 0 Å². The highest BCUT2D eigenvalue weighted by atomic mass is 32.1. The van der Waals surface area contributed by atoms with Gasteiger partial charge in [0.2, 0.25) is 0 Å². The van der Waals surface area contributed by atoms with Crippen molar-refractivity contribution in [1.82, 2.24) is 34.7 Å². The van der Waals surface area contributed by atoms with Gasteiger partial charge in [-0.05, 0) is 45.5 Å². The quantitative estimate of drug-likeness (QED) is 0.599. The summed E-state index contributed by atoms with van der Waals surface area (Å²) in [6, 6.07) is 2.12. The maximum absolute atomic E-state index is 5.59. The normalized spacial score (nSPS) is 15.3. The average molecular weight is 390 g/mol. The van der Waals surface area contributed by atoms with Crippen LogP contribution in [0.25, 0.3) is 0 Å². The standard InChI is InChI=1S/C19H31N7S/c1-15-12-16(2)26(21-15)7-5-6-20-19(27)25-10-8-24(9-11-25)14-18-13-23(4)22-17(18)3/h12-13H,5-11,14H2,1-4H3,(H,20,27). The summed E-state index contributed by atoms with van der Waals surface area (Å²) >= 11 is 5.59. The van der Waals surface area contributed by atoms with Crippen molar-refractivity contribution in [3.63, 3.8) is 0 Å². The maximum atomic E-state index is 5.59. The molecule has 3 heterocycles. The van der Waals surface area contributed by atoms with Crippen LogP contribution in [0.3, 0.4) is 0 Å². The van der Waals surface area contributed by atoms with Crippen LogP contribution in [0.1, 0.15) is 29.1 Å². The fourth-order valence-electron chi connectivity index (χ4n) is 3.59. The van der Waals surface area contributed by atoms with Crippen molar-refractivity contribution < 1.29 is 0 Å². The third kappa shape index (κ3) is 5.29. The lowest BCUT2D eigenvalue weighted by molar-refractivity contribution is 0.174. The molecule has 0 radical (unpaired) electrons. The van der Waals surface area contributed by atoms with E-state index < -0.39 is 0 Å². The molecule has 0 spiro atoms. The Morgan fingerprint density at radius 3 is 2.48 bits per heavy atom. The summed E-state index contributed by atoms with van der Waals surface area (Å²) in [5.41, 5.74) is 4.74. The molecule has 0 bridgehead atoms. The van der Waals surface area contributed by atoms with E-state index in [1.807, 2.05) is 18.7 Å². The first kappa shape index (κ1) is 19.8. The highest BCUT2D eigenvalue weighted by Gasteiger charge is 2.19. The van der Waals surface area contributed by atoms with Gasteiger partial charge in [0.05, 0.1) is 11.4 Å². The van der Waals surface area contributed by atoms with Crippen molar-refractivity contribution in [3.8, 4) is 0 Å². The molecule has 1 N–H and O–H groups in total. The molecular formula is C19H31N7S. The van der Waals surface area contributed by atoms with Gasteiger partial charge < -0.3 is 10.2 Å². The Morgan fingerprint density at radius 1 is 1.15 bits per heavy atom. The van der Waals surface area contributed by atoms with E-state index in [1.54, 1.807) is 0 Å². The van der Waals surface area contributed by atoms with E-state index in [1.165, 1.54) is 11.3 Å². The van der Waals surface area contributed by atoms with Crippen molar-refractivity contribution in [2.75, 3.05) is 32.7 Å². The van der Waals surface area contributed by atoms with Gasteiger partial charge in [-0.2, -0.15) is 10.2 Å². The van der Waals surface area contributed by atoms with Gasteiger partial charge in [-0.25, -0.2) is 0 Å².